The molecular weight excluding hydrogens is 240 g/mol. The average molecular weight is 248 g/mol. The van der Waals surface area contributed by atoms with E-state index in [2.05, 4.69) is 18.9 Å². The molecule has 1 heterocycles. The molecule has 0 bridgehead atoms. The molecule has 0 N–H and O–H groups in total. The van der Waals surface area contributed by atoms with E-state index in [-0.39, 0.29) is 0 Å². The summed E-state index contributed by atoms with van der Waals surface area (Å²) >= 11 is 0. The first-order valence-corrected chi connectivity index (χ1v) is 3.99. The average Bonchev–Trinajstić information content (AvgIpc) is 2.27. The minimum atomic E-state index is -4.48. The predicted octanol–water partition coefficient (Wildman–Crippen LogP) is 1.08. The molecule has 0 spiro atoms. The molecule has 0 aromatic carbocycles. The summed E-state index contributed by atoms with van der Waals surface area (Å²) in [4.78, 5) is 10.6. The molecule has 1 aliphatic heterocycles. The number of esters is 1. The SMILES string of the molecule is COC(=O)COC1(F)OC(F)(F)OC1(C)F. The van der Waals surface area contributed by atoms with Crippen LogP contribution in [-0.2, 0) is 23.7 Å². The lowest BCUT2D eigenvalue weighted by Crippen LogP contribution is -2.45. The lowest BCUT2D eigenvalue weighted by atomic mass is 10.3. The monoisotopic (exact) mass is 248 g/mol. The Labute approximate surface area is 87.2 Å². The van der Waals surface area contributed by atoms with Gasteiger partial charge in [0.05, 0.1) is 7.11 Å². The minimum Gasteiger partial charge on any atom is -0.467 e. The minimum absolute atomic E-state index is 0.338. The van der Waals surface area contributed by atoms with Gasteiger partial charge in [0.1, 0.15) is 0 Å². The standard InChI is InChI=1S/C7H8F4O5/c1-5(8)6(9,14-3-4(12)13-2)16-7(10,11)15-5/h3H2,1-2H3. The van der Waals surface area contributed by atoms with Gasteiger partial charge in [0.15, 0.2) is 6.61 Å². The van der Waals surface area contributed by atoms with Crippen LogP contribution in [-0.4, -0.2) is 37.9 Å². The van der Waals surface area contributed by atoms with Crippen LogP contribution in [0.25, 0.3) is 0 Å². The van der Waals surface area contributed by atoms with Crippen LogP contribution in [0.3, 0.4) is 0 Å². The zero-order chi connectivity index (χ0) is 12.6. The number of methoxy groups -OCH3 is 1. The van der Waals surface area contributed by atoms with Gasteiger partial charge in [-0.05, 0) is 0 Å². The van der Waals surface area contributed by atoms with Crippen LogP contribution >= 0.6 is 0 Å². The van der Waals surface area contributed by atoms with Crippen LogP contribution in [0.15, 0.2) is 0 Å². The second-order valence-corrected chi connectivity index (χ2v) is 2.99. The molecule has 0 aliphatic carbocycles. The van der Waals surface area contributed by atoms with E-state index in [0.29, 0.717) is 6.92 Å². The van der Waals surface area contributed by atoms with Gasteiger partial charge in [0.2, 0.25) is 0 Å². The van der Waals surface area contributed by atoms with Crippen LogP contribution in [0.2, 0.25) is 0 Å². The fourth-order valence-electron chi connectivity index (χ4n) is 0.918. The molecule has 1 aliphatic rings. The van der Waals surface area contributed by atoms with Crippen molar-refractivity contribution >= 4 is 5.97 Å². The number of hydrogen-bond donors (Lipinski definition) is 0. The summed E-state index contributed by atoms with van der Waals surface area (Å²) < 4.78 is 66.2. The van der Waals surface area contributed by atoms with Gasteiger partial charge < -0.3 is 9.47 Å². The van der Waals surface area contributed by atoms with Crippen molar-refractivity contribution in [1.82, 2.24) is 0 Å². The summed E-state index contributed by atoms with van der Waals surface area (Å²) in [5.41, 5.74) is 0. The quantitative estimate of drug-likeness (QED) is 0.552. The Morgan fingerprint density at radius 3 is 2.19 bits per heavy atom. The zero-order valence-electron chi connectivity index (χ0n) is 8.26. The van der Waals surface area contributed by atoms with E-state index in [9.17, 15) is 22.4 Å². The van der Waals surface area contributed by atoms with E-state index in [0.717, 1.165) is 7.11 Å². The Morgan fingerprint density at radius 1 is 1.25 bits per heavy atom. The third-order valence-corrected chi connectivity index (χ3v) is 1.70. The largest absolute Gasteiger partial charge is 0.493 e. The maximum Gasteiger partial charge on any atom is 0.493 e. The molecule has 0 amide bonds. The van der Waals surface area contributed by atoms with E-state index in [4.69, 9.17) is 0 Å². The highest BCUT2D eigenvalue weighted by Gasteiger charge is 2.71. The Hall–Kier alpha value is -0.930. The molecular formula is C7H8F4O5. The van der Waals surface area contributed by atoms with Crippen molar-refractivity contribution in [3.8, 4) is 0 Å². The molecule has 94 valence electrons. The number of ether oxygens (including phenoxy) is 4. The maximum absolute atomic E-state index is 13.5. The van der Waals surface area contributed by atoms with Crippen molar-refractivity contribution in [2.24, 2.45) is 0 Å². The normalized spacial score (nSPS) is 37.4. The second kappa shape index (κ2) is 3.82. The number of halogens is 4. The lowest BCUT2D eigenvalue weighted by molar-refractivity contribution is -0.407. The number of carbonyl (C=O) groups excluding carboxylic acids is 1. The van der Waals surface area contributed by atoms with Crippen LogP contribution in [0.4, 0.5) is 17.6 Å². The topological polar surface area (TPSA) is 54.0 Å². The summed E-state index contributed by atoms with van der Waals surface area (Å²) in [5, 5.41) is 0. The smallest absolute Gasteiger partial charge is 0.467 e. The highest BCUT2D eigenvalue weighted by molar-refractivity contribution is 5.70. The third kappa shape index (κ3) is 2.42. The van der Waals surface area contributed by atoms with Gasteiger partial charge in [-0.1, -0.05) is 0 Å². The van der Waals surface area contributed by atoms with Crippen LogP contribution in [0.5, 0.6) is 0 Å². The fraction of sp³-hybridized carbons (Fsp3) is 0.857. The van der Waals surface area contributed by atoms with Gasteiger partial charge in [0.25, 0.3) is 5.85 Å². The Kier molecular flexibility index (Phi) is 3.14. The lowest BCUT2D eigenvalue weighted by Gasteiger charge is -2.24. The summed E-state index contributed by atoms with van der Waals surface area (Å²) in [6.45, 7) is -0.767. The first kappa shape index (κ1) is 13.1. The second-order valence-electron chi connectivity index (χ2n) is 2.99. The molecule has 0 aromatic rings. The van der Waals surface area contributed by atoms with Crippen molar-refractivity contribution in [1.29, 1.82) is 0 Å². The van der Waals surface area contributed by atoms with Gasteiger partial charge in [-0.15, -0.1) is 8.78 Å². The van der Waals surface area contributed by atoms with Gasteiger partial charge in [0, 0.05) is 6.92 Å². The highest BCUT2D eigenvalue weighted by Crippen LogP contribution is 2.48. The number of carbonyl (C=O) groups is 1. The molecule has 1 rings (SSSR count). The van der Waals surface area contributed by atoms with Crippen molar-refractivity contribution in [3.63, 3.8) is 0 Å². The first-order chi connectivity index (χ1) is 7.12. The van der Waals surface area contributed by atoms with E-state index in [1.54, 1.807) is 0 Å². The zero-order valence-corrected chi connectivity index (χ0v) is 8.26. The van der Waals surface area contributed by atoms with Gasteiger partial charge in [-0.25, -0.2) is 18.7 Å². The first-order valence-electron chi connectivity index (χ1n) is 3.99. The molecule has 0 aromatic heterocycles. The molecule has 1 saturated heterocycles. The van der Waals surface area contributed by atoms with Crippen LogP contribution in [0.1, 0.15) is 6.92 Å². The predicted molar refractivity (Wildman–Crippen MR) is 38.4 cm³/mol. The number of rotatable bonds is 3. The van der Waals surface area contributed by atoms with Crippen molar-refractivity contribution in [3.05, 3.63) is 0 Å². The molecule has 2 atom stereocenters. The Bertz CT molecular complexity index is 295. The summed E-state index contributed by atoms with van der Waals surface area (Å²) in [6, 6.07) is -3.88. The van der Waals surface area contributed by atoms with Crippen molar-refractivity contribution in [2.45, 2.75) is 25.1 Å². The number of alkyl halides is 4. The molecule has 0 saturated carbocycles. The van der Waals surface area contributed by atoms with E-state index in [1.165, 1.54) is 0 Å². The van der Waals surface area contributed by atoms with Crippen molar-refractivity contribution in [2.75, 3.05) is 13.7 Å². The van der Waals surface area contributed by atoms with Crippen LogP contribution < -0.4 is 0 Å². The molecule has 1 fully saturated rings. The maximum atomic E-state index is 13.5. The molecule has 2 unspecified atom stereocenters. The van der Waals surface area contributed by atoms with Crippen LogP contribution in [0, 0.1) is 0 Å². The highest BCUT2D eigenvalue weighted by atomic mass is 19.3. The Balaban J connectivity index is 2.72. The van der Waals surface area contributed by atoms with E-state index in [1.807, 2.05) is 0 Å². The van der Waals surface area contributed by atoms with Gasteiger partial charge >= 0.3 is 18.3 Å². The van der Waals surface area contributed by atoms with Gasteiger partial charge in [-0.2, -0.15) is 4.39 Å². The van der Waals surface area contributed by atoms with E-state index >= 15 is 0 Å². The van der Waals surface area contributed by atoms with Crippen molar-refractivity contribution < 1.29 is 41.3 Å². The fourth-order valence-corrected chi connectivity index (χ4v) is 0.918. The number of hydrogen-bond acceptors (Lipinski definition) is 5. The summed E-state index contributed by atoms with van der Waals surface area (Å²) in [7, 11) is 0.950. The Morgan fingerprint density at radius 2 is 1.81 bits per heavy atom. The molecule has 5 nitrogen and oxygen atoms in total. The summed E-state index contributed by atoms with van der Waals surface area (Å²) in [5.74, 6) is -4.64. The third-order valence-electron chi connectivity index (χ3n) is 1.70. The van der Waals surface area contributed by atoms with Gasteiger partial charge in [-0.3, -0.25) is 0 Å². The van der Waals surface area contributed by atoms with E-state index < -0.39 is 30.8 Å². The molecule has 16 heavy (non-hydrogen) atoms. The molecule has 0 radical (unpaired) electrons. The summed E-state index contributed by atoms with van der Waals surface area (Å²) in [6.07, 6.45) is -4.48. The molecule has 9 heteroatoms.